The van der Waals surface area contributed by atoms with E-state index in [1.165, 1.54) is 24.3 Å². The number of nitrogens with zero attached hydrogens (tertiary/aromatic N) is 1. The molecule has 2 unspecified atom stereocenters. The molecule has 40 heavy (non-hydrogen) atoms. The van der Waals surface area contributed by atoms with Crippen molar-refractivity contribution >= 4 is 27.1 Å². The zero-order chi connectivity index (χ0) is 29.3. The van der Waals surface area contributed by atoms with Crippen LogP contribution < -0.4 is 10.2 Å². The number of hydrogen-bond donors (Lipinski definition) is 2. The Hall–Kier alpha value is -3.37. The molecular formula is C30H33F3N2O4S. The van der Waals surface area contributed by atoms with Crippen molar-refractivity contribution in [3.05, 3.63) is 89.5 Å². The van der Waals surface area contributed by atoms with Crippen LogP contribution in [-0.4, -0.2) is 43.4 Å². The topological polar surface area (TPSA) is 86.7 Å². The van der Waals surface area contributed by atoms with Crippen molar-refractivity contribution < 1.29 is 31.5 Å². The van der Waals surface area contributed by atoms with E-state index in [2.05, 4.69) is 10.2 Å². The maximum absolute atomic E-state index is 13.0. The Morgan fingerprint density at radius 2 is 1.57 bits per heavy atom. The predicted octanol–water partition coefficient (Wildman–Crippen LogP) is 5.81. The van der Waals surface area contributed by atoms with E-state index in [1.807, 2.05) is 12.1 Å². The molecule has 4 rings (SSSR count). The van der Waals surface area contributed by atoms with Crippen molar-refractivity contribution in [2.24, 2.45) is 0 Å². The first kappa shape index (κ1) is 29.6. The third-order valence-electron chi connectivity index (χ3n) is 7.34. The number of sulfone groups is 1. The van der Waals surface area contributed by atoms with E-state index < -0.39 is 27.2 Å². The molecule has 1 amide bonds. The van der Waals surface area contributed by atoms with Gasteiger partial charge in [0.2, 0.25) is 5.91 Å². The van der Waals surface area contributed by atoms with E-state index in [1.54, 1.807) is 45.0 Å². The Morgan fingerprint density at radius 3 is 2.10 bits per heavy atom. The van der Waals surface area contributed by atoms with Crippen molar-refractivity contribution in [2.45, 2.75) is 62.2 Å². The highest BCUT2D eigenvalue weighted by Gasteiger charge is 2.41. The van der Waals surface area contributed by atoms with Crippen LogP contribution >= 0.6 is 0 Å². The lowest BCUT2D eigenvalue weighted by atomic mass is 9.90. The molecule has 3 aromatic rings. The molecule has 1 heterocycles. The van der Waals surface area contributed by atoms with Crippen LogP contribution in [0.15, 0.2) is 77.7 Å². The summed E-state index contributed by atoms with van der Waals surface area (Å²) in [4.78, 5) is 14.9. The van der Waals surface area contributed by atoms with Gasteiger partial charge in [0, 0.05) is 23.8 Å². The number of carbonyl (C=O) groups is 1. The molecule has 2 atom stereocenters. The number of hydrogen-bond acceptors (Lipinski definition) is 5. The highest BCUT2D eigenvalue weighted by atomic mass is 32.2. The molecule has 0 aromatic heterocycles. The van der Waals surface area contributed by atoms with E-state index in [-0.39, 0.29) is 34.9 Å². The number of carbonyl (C=O) groups excluding carboxylic acids is 1. The normalized spacial score (nSPS) is 18.1. The third-order valence-corrected chi connectivity index (χ3v) is 9.09. The van der Waals surface area contributed by atoms with Crippen molar-refractivity contribution in [1.29, 1.82) is 0 Å². The largest absolute Gasteiger partial charge is 0.416 e. The molecule has 1 aliphatic rings. The van der Waals surface area contributed by atoms with Gasteiger partial charge in [-0.25, -0.2) is 8.42 Å². The Labute approximate surface area is 232 Å². The molecule has 6 nitrogen and oxygen atoms in total. The van der Waals surface area contributed by atoms with E-state index >= 15 is 0 Å². The van der Waals surface area contributed by atoms with Gasteiger partial charge in [-0.2, -0.15) is 13.2 Å². The van der Waals surface area contributed by atoms with Crippen LogP contribution in [0, 0.1) is 0 Å². The Kier molecular flexibility index (Phi) is 8.33. The third kappa shape index (κ3) is 6.85. The van der Waals surface area contributed by atoms with Gasteiger partial charge < -0.3 is 15.3 Å². The molecule has 1 aliphatic heterocycles. The summed E-state index contributed by atoms with van der Waals surface area (Å²) in [6.45, 7) is 5.54. The van der Waals surface area contributed by atoms with Gasteiger partial charge in [0.05, 0.1) is 34.3 Å². The molecule has 1 fully saturated rings. The molecule has 214 valence electrons. The minimum atomic E-state index is -4.39. The molecule has 2 N–H and O–H groups in total. The molecule has 0 aliphatic carbocycles. The van der Waals surface area contributed by atoms with Gasteiger partial charge >= 0.3 is 6.18 Å². The van der Waals surface area contributed by atoms with Gasteiger partial charge in [0.15, 0.2) is 9.84 Å². The lowest BCUT2D eigenvalue weighted by molar-refractivity contribution is -0.137. The fourth-order valence-corrected chi connectivity index (χ4v) is 5.97. The average Bonchev–Trinajstić information content (AvgIpc) is 3.35. The van der Waals surface area contributed by atoms with Crippen LogP contribution in [0.2, 0.25) is 0 Å². The van der Waals surface area contributed by atoms with E-state index in [4.69, 9.17) is 0 Å². The minimum Gasteiger partial charge on any atom is -0.388 e. The first-order valence-electron chi connectivity index (χ1n) is 13.0. The second-order valence-corrected chi connectivity index (χ2v) is 13.0. The maximum atomic E-state index is 13.0. The van der Waals surface area contributed by atoms with Gasteiger partial charge in [-0.05, 0) is 79.9 Å². The molecule has 1 saturated heterocycles. The first-order valence-corrected chi connectivity index (χ1v) is 14.7. The van der Waals surface area contributed by atoms with Gasteiger partial charge in [-0.15, -0.1) is 0 Å². The fraction of sp³-hybridized carbons (Fsp3) is 0.367. The lowest BCUT2D eigenvalue weighted by Gasteiger charge is -2.35. The van der Waals surface area contributed by atoms with Crippen LogP contribution in [0.5, 0.6) is 0 Å². The van der Waals surface area contributed by atoms with Gasteiger partial charge in [0.1, 0.15) is 0 Å². The number of benzene rings is 3. The first-order chi connectivity index (χ1) is 18.7. The number of amides is 1. The second kappa shape index (κ2) is 11.2. The molecule has 0 bridgehead atoms. The van der Waals surface area contributed by atoms with Crippen LogP contribution in [0.3, 0.4) is 0 Å². The van der Waals surface area contributed by atoms with Crippen molar-refractivity contribution in [3.63, 3.8) is 0 Å². The molecule has 0 radical (unpaired) electrons. The number of nitrogens with one attached hydrogen (secondary N) is 1. The molecular weight excluding hydrogens is 541 g/mol. The zero-order valence-corrected chi connectivity index (χ0v) is 23.4. The predicted molar refractivity (Wildman–Crippen MR) is 149 cm³/mol. The smallest absolute Gasteiger partial charge is 0.388 e. The quantitative estimate of drug-likeness (QED) is 0.355. The monoisotopic (exact) mass is 574 g/mol. The van der Waals surface area contributed by atoms with Crippen LogP contribution in [0.25, 0.3) is 0 Å². The molecule has 0 saturated carbocycles. The summed E-state index contributed by atoms with van der Waals surface area (Å²) in [6.07, 6.45) is -3.74. The fourth-order valence-electron chi connectivity index (χ4n) is 5.08. The van der Waals surface area contributed by atoms with Crippen LogP contribution in [0.1, 0.15) is 49.8 Å². The Balaban J connectivity index is 1.43. The molecule has 10 heteroatoms. The highest BCUT2D eigenvalue weighted by molar-refractivity contribution is 7.91. The van der Waals surface area contributed by atoms with E-state index in [0.29, 0.717) is 24.2 Å². The molecule has 3 aromatic carbocycles. The summed E-state index contributed by atoms with van der Waals surface area (Å²) < 4.78 is 62.9. The SMILES string of the molecule is CCS(=O)(=O)c1ccc(CC(=O)Nc2ccc(N3CC(c4ccc(C(F)(F)F)cc4)CC3C(C)(C)O)cc2)cc1. The number of anilines is 2. The standard InChI is InChI=1S/C30H33F3N2O4S/c1-4-40(38,39)26-15-5-20(6-16-26)17-28(36)34-24-11-13-25(14-12-24)35-19-22(18-27(35)29(2,3)37)21-7-9-23(10-8-21)30(31,32)33/h5-16,22,27,37H,4,17-19H2,1-3H3,(H,34,36). The van der Waals surface area contributed by atoms with Gasteiger partial charge in [0.25, 0.3) is 0 Å². The van der Waals surface area contributed by atoms with Crippen LogP contribution in [0.4, 0.5) is 24.5 Å². The second-order valence-electron chi connectivity index (χ2n) is 10.7. The summed E-state index contributed by atoms with van der Waals surface area (Å²) in [5.41, 5.74) is 1.13. The number of halogens is 3. The summed E-state index contributed by atoms with van der Waals surface area (Å²) >= 11 is 0. The Morgan fingerprint density at radius 1 is 0.975 bits per heavy atom. The summed E-state index contributed by atoms with van der Waals surface area (Å²) in [7, 11) is -3.30. The summed E-state index contributed by atoms with van der Waals surface area (Å²) in [5, 5.41) is 13.7. The van der Waals surface area contributed by atoms with E-state index in [0.717, 1.165) is 23.4 Å². The van der Waals surface area contributed by atoms with Gasteiger partial charge in [-0.3, -0.25) is 4.79 Å². The summed E-state index contributed by atoms with van der Waals surface area (Å²) in [5.74, 6) is -0.305. The van der Waals surface area contributed by atoms with E-state index in [9.17, 15) is 31.5 Å². The van der Waals surface area contributed by atoms with Crippen LogP contribution in [-0.2, 0) is 27.2 Å². The summed E-state index contributed by atoms with van der Waals surface area (Å²) in [6, 6.07) is 18.4. The number of rotatable bonds is 8. The number of aliphatic hydroxyl groups is 1. The zero-order valence-electron chi connectivity index (χ0n) is 22.6. The minimum absolute atomic E-state index is 0.00646. The number of alkyl halides is 3. The lowest BCUT2D eigenvalue weighted by Crippen LogP contribution is -2.45. The maximum Gasteiger partial charge on any atom is 0.416 e. The highest BCUT2D eigenvalue weighted by Crippen LogP contribution is 2.40. The Bertz CT molecular complexity index is 1430. The van der Waals surface area contributed by atoms with Crippen molar-refractivity contribution in [2.75, 3.05) is 22.5 Å². The average molecular weight is 575 g/mol. The van der Waals surface area contributed by atoms with Gasteiger partial charge in [-0.1, -0.05) is 31.2 Å². The molecule has 0 spiro atoms. The van der Waals surface area contributed by atoms with Crippen molar-refractivity contribution in [3.8, 4) is 0 Å². The van der Waals surface area contributed by atoms with Crippen molar-refractivity contribution in [1.82, 2.24) is 0 Å².